The number of pyridine rings is 1. The molecule has 3 nitrogen and oxygen atoms in total. The van der Waals surface area contributed by atoms with E-state index in [1.807, 2.05) is 6.20 Å². The number of aryl methyl sites for hydroxylation is 2. The average molecular weight is 234 g/mol. The van der Waals surface area contributed by atoms with Crippen molar-refractivity contribution >= 4 is 0 Å². The van der Waals surface area contributed by atoms with Crippen LogP contribution < -0.4 is 4.74 Å². The topological polar surface area (TPSA) is 25.4 Å². The van der Waals surface area contributed by atoms with Gasteiger partial charge >= 0.3 is 0 Å². The van der Waals surface area contributed by atoms with Crippen molar-refractivity contribution in [3.8, 4) is 5.75 Å². The quantitative estimate of drug-likeness (QED) is 0.800. The number of likely N-dealkylation sites (N-methyl/N-ethyl adjacent to an activating group) is 1. The van der Waals surface area contributed by atoms with E-state index in [4.69, 9.17) is 4.74 Å². The molecule has 0 N–H and O–H groups in total. The standard InChI is InChI=1S/C14H22N2O/c1-4-14-11(2)8-13(9-15-14)17-10-12-6-5-7-16(12)3/h8-9,12H,4-7,10H2,1-3H3/t12-/m0/s1. The van der Waals surface area contributed by atoms with Crippen LogP contribution >= 0.6 is 0 Å². The molecule has 1 fully saturated rings. The van der Waals surface area contributed by atoms with Crippen LogP contribution in [0.5, 0.6) is 5.75 Å². The lowest BCUT2D eigenvalue weighted by Crippen LogP contribution is -2.30. The molecule has 0 saturated carbocycles. The molecule has 0 spiro atoms. The van der Waals surface area contributed by atoms with E-state index in [9.17, 15) is 0 Å². The lowest BCUT2D eigenvalue weighted by atomic mass is 10.2. The third kappa shape index (κ3) is 2.97. The van der Waals surface area contributed by atoms with Gasteiger partial charge in [-0.15, -0.1) is 0 Å². The van der Waals surface area contributed by atoms with E-state index in [2.05, 4.69) is 36.8 Å². The summed E-state index contributed by atoms with van der Waals surface area (Å²) in [7, 11) is 2.17. The Hall–Kier alpha value is -1.09. The van der Waals surface area contributed by atoms with Gasteiger partial charge < -0.3 is 9.64 Å². The fraction of sp³-hybridized carbons (Fsp3) is 0.643. The van der Waals surface area contributed by atoms with Gasteiger partial charge in [-0.05, 0) is 51.4 Å². The Bertz CT molecular complexity index is 378. The Balaban J connectivity index is 1.92. The largest absolute Gasteiger partial charge is 0.490 e. The van der Waals surface area contributed by atoms with Crippen LogP contribution in [0.2, 0.25) is 0 Å². The second-order valence-electron chi connectivity index (χ2n) is 4.88. The van der Waals surface area contributed by atoms with E-state index in [0.717, 1.165) is 24.5 Å². The van der Waals surface area contributed by atoms with Crippen molar-refractivity contribution in [2.45, 2.75) is 39.2 Å². The predicted molar refractivity (Wildman–Crippen MR) is 69.5 cm³/mol. The molecule has 1 atom stereocenters. The van der Waals surface area contributed by atoms with Gasteiger partial charge in [0.05, 0.1) is 6.20 Å². The molecule has 1 aliphatic rings. The van der Waals surface area contributed by atoms with Crippen molar-refractivity contribution in [1.82, 2.24) is 9.88 Å². The van der Waals surface area contributed by atoms with Gasteiger partial charge in [-0.2, -0.15) is 0 Å². The van der Waals surface area contributed by atoms with Gasteiger partial charge in [0, 0.05) is 11.7 Å². The number of hydrogen-bond donors (Lipinski definition) is 0. The summed E-state index contributed by atoms with van der Waals surface area (Å²) in [6, 6.07) is 2.67. The first kappa shape index (κ1) is 12.4. The molecule has 0 radical (unpaired) electrons. The maximum absolute atomic E-state index is 5.84. The minimum absolute atomic E-state index is 0.571. The summed E-state index contributed by atoms with van der Waals surface area (Å²) in [6.07, 6.45) is 5.37. The van der Waals surface area contributed by atoms with Crippen LogP contribution in [0.4, 0.5) is 0 Å². The van der Waals surface area contributed by atoms with Crippen LogP contribution in [-0.2, 0) is 6.42 Å². The van der Waals surface area contributed by atoms with E-state index >= 15 is 0 Å². The van der Waals surface area contributed by atoms with Crippen LogP contribution in [0.3, 0.4) is 0 Å². The van der Waals surface area contributed by atoms with Gasteiger partial charge in [0.15, 0.2) is 0 Å². The normalized spacial score (nSPS) is 20.8. The first-order valence-electron chi connectivity index (χ1n) is 6.49. The molecule has 1 aromatic rings. The smallest absolute Gasteiger partial charge is 0.137 e. The summed E-state index contributed by atoms with van der Waals surface area (Å²) >= 11 is 0. The highest BCUT2D eigenvalue weighted by Gasteiger charge is 2.21. The minimum Gasteiger partial charge on any atom is -0.490 e. The number of ether oxygens (including phenoxy) is 1. The van der Waals surface area contributed by atoms with Crippen molar-refractivity contribution in [3.63, 3.8) is 0 Å². The Morgan fingerprint density at radius 2 is 2.35 bits per heavy atom. The van der Waals surface area contributed by atoms with Crippen molar-refractivity contribution in [1.29, 1.82) is 0 Å². The first-order chi connectivity index (χ1) is 8.20. The first-order valence-corrected chi connectivity index (χ1v) is 6.49. The second kappa shape index (κ2) is 5.50. The zero-order chi connectivity index (χ0) is 12.3. The van der Waals surface area contributed by atoms with Crippen LogP contribution in [0.25, 0.3) is 0 Å². The maximum atomic E-state index is 5.84. The molecule has 0 unspecified atom stereocenters. The average Bonchev–Trinajstić information content (AvgIpc) is 2.72. The highest BCUT2D eigenvalue weighted by atomic mass is 16.5. The van der Waals surface area contributed by atoms with Gasteiger partial charge in [0.2, 0.25) is 0 Å². The van der Waals surface area contributed by atoms with Gasteiger partial charge in [-0.3, -0.25) is 4.98 Å². The van der Waals surface area contributed by atoms with Crippen LogP contribution in [0.15, 0.2) is 12.3 Å². The summed E-state index contributed by atoms with van der Waals surface area (Å²) in [5.41, 5.74) is 2.39. The van der Waals surface area contributed by atoms with Crippen molar-refractivity contribution < 1.29 is 4.74 Å². The van der Waals surface area contributed by atoms with E-state index in [1.165, 1.54) is 24.9 Å². The van der Waals surface area contributed by atoms with E-state index in [-0.39, 0.29) is 0 Å². The molecule has 94 valence electrons. The molecule has 2 heterocycles. The monoisotopic (exact) mass is 234 g/mol. The molecule has 17 heavy (non-hydrogen) atoms. The molecule has 0 aliphatic carbocycles. The summed E-state index contributed by atoms with van der Waals surface area (Å²) in [5.74, 6) is 0.903. The Kier molecular flexibility index (Phi) is 4.00. The molecular weight excluding hydrogens is 212 g/mol. The van der Waals surface area contributed by atoms with E-state index in [0.29, 0.717) is 6.04 Å². The molecule has 1 aliphatic heterocycles. The Morgan fingerprint density at radius 1 is 1.53 bits per heavy atom. The van der Waals surface area contributed by atoms with E-state index in [1.54, 1.807) is 0 Å². The molecule has 0 bridgehead atoms. The van der Waals surface area contributed by atoms with Gasteiger partial charge in [-0.25, -0.2) is 0 Å². The van der Waals surface area contributed by atoms with Crippen LogP contribution in [0.1, 0.15) is 31.0 Å². The number of hydrogen-bond acceptors (Lipinski definition) is 3. The van der Waals surface area contributed by atoms with Crippen molar-refractivity contribution in [3.05, 3.63) is 23.5 Å². The molecule has 1 saturated heterocycles. The lowest BCUT2D eigenvalue weighted by molar-refractivity contribution is 0.197. The lowest BCUT2D eigenvalue weighted by Gasteiger charge is -2.19. The molecule has 3 heteroatoms. The van der Waals surface area contributed by atoms with Crippen molar-refractivity contribution in [2.24, 2.45) is 0 Å². The number of likely N-dealkylation sites (tertiary alicyclic amines) is 1. The van der Waals surface area contributed by atoms with Crippen molar-refractivity contribution in [2.75, 3.05) is 20.2 Å². The minimum atomic E-state index is 0.571. The second-order valence-corrected chi connectivity index (χ2v) is 4.88. The maximum Gasteiger partial charge on any atom is 0.137 e. The van der Waals surface area contributed by atoms with Gasteiger partial charge in [0.25, 0.3) is 0 Å². The van der Waals surface area contributed by atoms with Crippen LogP contribution in [-0.4, -0.2) is 36.1 Å². The third-order valence-corrected chi connectivity index (χ3v) is 3.61. The summed E-state index contributed by atoms with van der Waals surface area (Å²) in [4.78, 5) is 6.80. The predicted octanol–water partition coefficient (Wildman–Crippen LogP) is 2.43. The molecule has 1 aromatic heterocycles. The zero-order valence-corrected chi connectivity index (χ0v) is 11.1. The van der Waals surface area contributed by atoms with Crippen LogP contribution in [0, 0.1) is 6.92 Å². The fourth-order valence-corrected chi connectivity index (χ4v) is 2.41. The fourth-order valence-electron chi connectivity index (χ4n) is 2.41. The molecular formula is C14H22N2O. The van der Waals surface area contributed by atoms with Gasteiger partial charge in [-0.1, -0.05) is 6.92 Å². The highest BCUT2D eigenvalue weighted by molar-refractivity contribution is 5.28. The van der Waals surface area contributed by atoms with Gasteiger partial charge in [0.1, 0.15) is 12.4 Å². The van der Waals surface area contributed by atoms with E-state index < -0.39 is 0 Å². The zero-order valence-electron chi connectivity index (χ0n) is 11.1. The number of nitrogens with zero attached hydrogens (tertiary/aromatic N) is 2. The summed E-state index contributed by atoms with van der Waals surface area (Å²) in [6.45, 7) is 6.20. The third-order valence-electron chi connectivity index (χ3n) is 3.61. The number of rotatable bonds is 4. The highest BCUT2D eigenvalue weighted by Crippen LogP contribution is 2.18. The molecule has 0 aromatic carbocycles. The summed E-state index contributed by atoms with van der Waals surface area (Å²) in [5, 5.41) is 0. The molecule has 0 amide bonds. The SMILES string of the molecule is CCc1ncc(OC[C@@H]2CCCN2C)cc1C. The molecule has 2 rings (SSSR count). The summed E-state index contributed by atoms with van der Waals surface area (Å²) < 4.78 is 5.84. The number of aromatic nitrogens is 1. The Labute approximate surface area is 104 Å². The Morgan fingerprint density at radius 3 is 2.94 bits per heavy atom.